The highest BCUT2D eigenvalue weighted by Gasteiger charge is 2.32. The number of nitrogens with zero attached hydrogens (tertiary/aromatic N) is 1. The molecule has 6 nitrogen and oxygen atoms in total. The fraction of sp³-hybridized carbons (Fsp3) is 0.421. The summed E-state index contributed by atoms with van der Waals surface area (Å²) in [4.78, 5) is 29.5. The molecule has 1 aromatic carbocycles. The second-order valence-electron chi connectivity index (χ2n) is 7.44. The van der Waals surface area contributed by atoms with Crippen LogP contribution in [0, 0.1) is 0 Å². The highest BCUT2D eigenvalue weighted by atomic mass is 16.6. The Morgan fingerprint density at radius 3 is 2.44 bits per heavy atom. The van der Waals surface area contributed by atoms with Gasteiger partial charge in [0.05, 0.1) is 0 Å². The first kappa shape index (κ1) is 17.2. The molecule has 1 fully saturated rings. The number of rotatable bonds is 3. The van der Waals surface area contributed by atoms with Gasteiger partial charge in [0.15, 0.2) is 0 Å². The lowest BCUT2D eigenvalue weighted by molar-refractivity contribution is 0.0636. The van der Waals surface area contributed by atoms with Gasteiger partial charge in [0.1, 0.15) is 5.60 Å². The second-order valence-corrected chi connectivity index (χ2v) is 7.44. The van der Waals surface area contributed by atoms with E-state index in [4.69, 9.17) is 4.74 Å². The van der Waals surface area contributed by atoms with Crippen molar-refractivity contribution < 1.29 is 9.53 Å². The molecule has 0 spiro atoms. The van der Waals surface area contributed by atoms with Gasteiger partial charge in [0, 0.05) is 23.5 Å². The lowest BCUT2D eigenvalue weighted by Gasteiger charge is -2.35. The van der Waals surface area contributed by atoms with E-state index in [2.05, 4.69) is 15.3 Å². The Kier molecular flexibility index (Phi) is 4.61. The smallest absolute Gasteiger partial charge is 0.412 e. The number of H-pyrrole nitrogens is 1. The van der Waals surface area contributed by atoms with Crippen molar-refractivity contribution in [2.24, 2.45) is 0 Å². The van der Waals surface area contributed by atoms with Crippen LogP contribution in [0.1, 0.15) is 56.7 Å². The Morgan fingerprint density at radius 1 is 1.16 bits per heavy atom. The molecule has 1 saturated carbocycles. The number of anilines is 1. The monoisotopic (exact) mass is 341 g/mol. The van der Waals surface area contributed by atoms with Crippen LogP contribution in [0.15, 0.2) is 41.3 Å². The summed E-state index contributed by atoms with van der Waals surface area (Å²) in [6, 6.07) is 9.71. The van der Waals surface area contributed by atoms with Crippen molar-refractivity contribution in [2.75, 3.05) is 5.32 Å². The molecule has 0 saturated heterocycles. The predicted molar refractivity (Wildman–Crippen MR) is 95.9 cm³/mol. The van der Waals surface area contributed by atoms with Crippen molar-refractivity contribution in [2.45, 2.75) is 51.0 Å². The normalized spacial score (nSPS) is 19.8. The average molecular weight is 341 g/mol. The van der Waals surface area contributed by atoms with Crippen molar-refractivity contribution >= 4 is 11.8 Å². The molecular formula is C19H23N3O3. The van der Waals surface area contributed by atoms with Crippen LogP contribution in [0.5, 0.6) is 0 Å². The summed E-state index contributed by atoms with van der Waals surface area (Å²) in [5.74, 6) is 0.845. The quantitative estimate of drug-likeness (QED) is 0.890. The summed E-state index contributed by atoms with van der Waals surface area (Å²) >= 11 is 0. The van der Waals surface area contributed by atoms with Gasteiger partial charge in [-0.3, -0.25) is 5.32 Å². The minimum absolute atomic E-state index is 0.293. The summed E-state index contributed by atoms with van der Waals surface area (Å²) in [7, 11) is 0. The molecule has 25 heavy (non-hydrogen) atoms. The lowest BCUT2D eigenvalue weighted by Crippen LogP contribution is -2.27. The molecule has 3 rings (SSSR count). The van der Waals surface area contributed by atoms with Crippen molar-refractivity contribution in [1.29, 1.82) is 0 Å². The lowest BCUT2D eigenvalue weighted by atomic mass is 9.70. The van der Waals surface area contributed by atoms with Gasteiger partial charge in [-0.1, -0.05) is 12.1 Å². The molecule has 0 unspecified atom stereocenters. The largest absolute Gasteiger partial charge is 0.444 e. The van der Waals surface area contributed by atoms with E-state index in [0.717, 1.165) is 18.5 Å². The maximum Gasteiger partial charge on any atom is 0.412 e. The number of amides is 1. The molecule has 0 radical (unpaired) electrons. The van der Waals surface area contributed by atoms with Crippen LogP contribution in [0.3, 0.4) is 0 Å². The topological polar surface area (TPSA) is 84.1 Å². The summed E-state index contributed by atoms with van der Waals surface area (Å²) < 4.78 is 5.24. The number of ether oxygens (including phenoxy) is 1. The van der Waals surface area contributed by atoms with E-state index in [-0.39, 0.29) is 5.69 Å². The SMILES string of the molecule is CC(C)(C)OC(=O)Nc1ccc(C2CC(c3ccnc(=O)[nH]3)C2)cc1. The number of hydrogen-bond donors (Lipinski definition) is 2. The number of nitrogens with one attached hydrogen (secondary N) is 2. The van der Waals surface area contributed by atoms with Crippen LogP contribution in [-0.2, 0) is 4.74 Å². The summed E-state index contributed by atoms with van der Waals surface area (Å²) in [5.41, 5.74) is 2.10. The molecule has 2 aromatic rings. The molecule has 0 aliphatic heterocycles. The number of carbonyl (C=O) groups is 1. The van der Waals surface area contributed by atoms with Crippen molar-refractivity contribution in [3.63, 3.8) is 0 Å². The zero-order chi connectivity index (χ0) is 18.0. The first-order chi connectivity index (χ1) is 11.8. The fourth-order valence-electron chi connectivity index (χ4n) is 3.02. The molecule has 1 aliphatic rings. The third-order valence-corrected chi connectivity index (χ3v) is 4.30. The van der Waals surface area contributed by atoms with Crippen LogP contribution in [0.2, 0.25) is 0 Å². The number of carbonyl (C=O) groups excluding carboxylic acids is 1. The number of benzene rings is 1. The average Bonchev–Trinajstić information content (AvgIpc) is 2.45. The van der Waals surface area contributed by atoms with Crippen LogP contribution in [-0.4, -0.2) is 21.7 Å². The highest BCUT2D eigenvalue weighted by molar-refractivity contribution is 5.84. The Hall–Kier alpha value is -2.63. The Balaban J connectivity index is 1.55. The van der Waals surface area contributed by atoms with E-state index >= 15 is 0 Å². The third kappa shape index (κ3) is 4.47. The van der Waals surface area contributed by atoms with E-state index in [1.54, 1.807) is 6.20 Å². The second kappa shape index (κ2) is 6.70. The van der Waals surface area contributed by atoms with Gasteiger partial charge >= 0.3 is 11.8 Å². The molecule has 6 heteroatoms. The maximum atomic E-state index is 11.8. The van der Waals surface area contributed by atoms with E-state index in [9.17, 15) is 9.59 Å². The zero-order valence-corrected chi connectivity index (χ0v) is 14.7. The summed E-state index contributed by atoms with van der Waals surface area (Å²) in [5, 5.41) is 2.73. The molecule has 132 valence electrons. The number of aromatic amines is 1. The van der Waals surface area contributed by atoms with E-state index in [0.29, 0.717) is 17.5 Å². The molecule has 0 atom stereocenters. The number of aromatic nitrogens is 2. The van der Waals surface area contributed by atoms with Gasteiger partial charge < -0.3 is 9.72 Å². The van der Waals surface area contributed by atoms with Gasteiger partial charge in [-0.2, -0.15) is 0 Å². The van der Waals surface area contributed by atoms with Crippen molar-refractivity contribution in [1.82, 2.24) is 9.97 Å². The Bertz CT molecular complexity index is 800. The Morgan fingerprint density at radius 2 is 1.84 bits per heavy atom. The molecule has 1 heterocycles. The van der Waals surface area contributed by atoms with E-state index in [1.807, 2.05) is 51.1 Å². The van der Waals surface area contributed by atoms with Gasteiger partial charge in [0.25, 0.3) is 0 Å². The maximum absolute atomic E-state index is 11.8. The molecular weight excluding hydrogens is 318 g/mol. The van der Waals surface area contributed by atoms with Crippen LogP contribution >= 0.6 is 0 Å². The molecule has 2 N–H and O–H groups in total. The van der Waals surface area contributed by atoms with Gasteiger partial charge in [-0.15, -0.1) is 0 Å². The number of hydrogen-bond acceptors (Lipinski definition) is 4. The van der Waals surface area contributed by atoms with E-state index in [1.165, 1.54) is 5.56 Å². The summed E-state index contributed by atoms with van der Waals surface area (Å²) in [6.45, 7) is 5.50. The third-order valence-electron chi connectivity index (χ3n) is 4.30. The minimum atomic E-state index is -0.515. The van der Waals surface area contributed by atoms with Gasteiger partial charge in [-0.25, -0.2) is 14.6 Å². The fourth-order valence-corrected chi connectivity index (χ4v) is 3.02. The highest BCUT2D eigenvalue weighted by Crippen LogP contribution is 2.46. The standard InChI is InChI=1S/C19H23N3O3/c1-19(2,3)25-18(24)21-15-6-4-12(5-7-15)13-10-14(11-13)16-8-9-20-17(23)22-16/h4-9,13-14H,10-11H2,1-3H3,(H,21,24)(H,20,22,23). The first-order valence-corrected chi connectivity index (χ1v) is 8.45. The Labute approximate surface area is 146 Å². The predicted octanol–water partition coefficient (Wildman–Crippen LogP) is 3.78. The van der Waals surface area contributed by atoms with Crippen molar-refractivity contribution in [3.8, 4) is 0 Å². The van der Waals surface area contributed by atoms with Crippen molar-refractivity contribution in [3.05, 3.63) is 58.3 Å². The molecule has 1 amide bonds. The van der Waals surface area contributed by atoms with Gasteiger partial charge in [0.2, 0.25) is 0 Å². The van der Waals surface area contributed by atoms with Crippen LogP contribution < -0.4 is 11.0 Å². The minimum Gasteiger partial charge on any atom is -0.444 e. The first-order valence-electron chi connectivity index (χ1n) is 8.45. The molecule has 1 aliphatic carbocycles. The summed E-state index contributed by atoms with van der Waals surface area (Å²) in [6.07, 6.45) is 3.10. The van der Waals surface area contributed by atoms with Gasteiger partial charge in [-0.05, 0) is 63.3 Å². The van der Waals surface area contributed by atoms with Crippen LogP contribution in [0.4, 0.5) is 10.5 Å². The molecule has 0 bridgehead atoms. The zero-order valence-electron chi connectivity index (χ0n) is 14.7. The van der Waals surface area contributed by atoms with Crippen LogP contribution in [0.25, 0.3) is 0 Å². The molecule has 1 aromatic heterocycles. The van der Waals surface area contributed by atoms with E-state index < -0.39 is 11.7 Å².